The summed E-state index contributed by atoms with van der Waals surface area (Å²) in [7, 11) is 1.94. The molecule has 1 aliphatic rings. The predicted molar refractivity (Wildman–Crippen MR) is 79.4 cm³/mol. The van der Waals surface area contributed by atoms with Gasteiger partial charge in [-0.3, -0.25) is 0 Å². The fourth-order valence-corrected chi connectivity index (χ4v) is 2.79. The maximum atomic E-state index is 4.76. The van der Waals surface area contributed by atoms with Crippen molar-refractivity contribution in [1.82, 2.24) is 9.97 Å². The first kappa shape index (κ1) is 13.1. The molecule has 1 aromatic heterocycles. The van der Waals surface area contributed by atoms with E-state index in [1.165, 1.54) is 22.1 Å². The van der Waals surface area contributed by atoms with Gasteiger partial charge in [0.05, 0.1) is 9.26 Å². The van der Waals surface area contributed by atoms with Crippen LogP contribution in [0.2, 0.25) is 0 Å². The molecule has 0 radical (unpaired) electrons. The SMILES string of the molecule is CNc1nc(CCC(C)C)nc(C2CC2)c1I. The second kappa shape index (κ2) is 5.50. The number of halogens is 1. The quantitative estimate of drug-likeness (QED) is 0.829. The van der Waals surface area contributed by atoms with Crippen molar-refractivity contribution in [1.29, 1.82) is 0 Å². The Labute approximate surface area is 117 Å². The molecule has 0 amide bonds. The molecule has 1 aliphatic carbocycles. The number of nitrogens with one attached hydrogen (secondary N) is 1. The average Bonchev–Trinajstić information content (AvgIpc) is 3.11. The van der Waals surface area contributed by atoms with Crippen LogP contribution in [0.5, 0.6) is 0 Å². The van der Waals surface area contributed by atoms with Gasteiger partial charge in [0.15, 0.2) is 0 Å². The molecular weight excluding hydrogens is 325 g/mol. The zero-order chi connectivity index (χ0) is 12.4. The molecule has 1 heterocycles. The third-order valence-electron chi connectivity index (χ3n) is 3.07. The van der Waals surface area contributed by atoms with Crippen molar-refractivity contribution in [3.8, 4) is 0 Å². The number of aryl methyl sites for hydroxylation is 1. The molecule has 0 aliphatic heterocycles. The summed E-state index contributed by atoms with van der Waals surface area (Å²) in [6.45, 7) is 4.49. The summed E-state index contributed by atoms with van der Waals surface area (Å²) < 4.78 is 1.21. The number of aromatic nitrogens is 2. The van der Waals surface area contributed by atoms with E-state index in [0.29, 0.717) is 11.8 Å². The Morgan fingerprint density at radius 2 is 2.06 bits per heavy atom. The molecule has 1 N–H and O–H groups in total. The molecular formula is C13H20IN3. The highest BCUT2D eigenvalue weighted by molar-refractivity contribution is 14.1. The van der Waals surface area contributed by atoms with Crippen molar-refractivity contribution in [2.45, 2.75) is 45.4 Å². The van der Waals surface area contributed by atoms with Crippen LogP contribution in [-0.2, 0) is 6.42 Å². The number of rotatable bonds is 5. The van der Waals surface area contributed by atoms with Crippen molar-refractivity contribution >= 4 is 28.4 Å². The molecule has 0 aromatic carbocycles. The van der Waals surface area contributed by atoms with Gasteiger partial charge in [-0.1, -0.05) is 13.8 Å². The number of nitrogens with zero attached hydrogens (tertiary/aromatic N) is 2. The normalized spacial score (nSPS) is 15.4. The molecule has 2 rings (SSSR count). The molecule has 0 spiro atoms. The minimum Gasteiger partial charge on any atom is -0.372 e. The minimum absolute atomic E-state index is 0.690. The topological polar surface area (TPSA) is 37.8 Å². The van der Waals surface area contributed by atoms with Crippen LogP contribution in [0.15, 0.2) is 0 Å². The highest BCUT2D eigenvalue weighted by atomic mass is 127. The Kier molecular flexibility index (Phi) is 4.22. The van der Waals surface area contributed by atoms with E-state index in [0.717, 1.165) is 24.5 Å². The summed E-state index contributed by atoms with van der Waals surface area (Å²) in [4.78, 5) is 9.36. The molecule has 0 bridgehead atoms. The Morgan fingerprint density at radius 1 is 1.35 bits per heavy atom. The van der Waals surface area contributed by atoms with E-state index in [1.807, 2.05) is 7.05 Å². The van der Waals surface area contributed by atoms with E-state index in [1.54, 1.807) is 0 Å². The maximum absolute atomic E-state index is 4.76. The molecule has 0 unspecified atom stereocenters. The van der Waals surface area contributed by atoms with Gasteiger partial charge >= 0.3 is 0 Å². The summed E-state index contributed by atoms with van der Waals surface area (Å²) in [6.07, 6.45) is 4.73. The van der Waals surface area contributed by atoms with Gasteiger partial charge in [-0.15, -0.1) is 0 Å². The van der Waals surface area contributed by atoms with Gasteiger partial charge in [-0.25, -0.2) is 9.97 Å². The van der Waals surface area contributed by atoms with Crippen LogP contribution in [0.1, 0.15) is 50.5 Å². The molecule has 1 aromatic rings. The van der Waals surface area contributed by atoms with Gasteiger partial charge in [-0.2, -0.15) is 0 Å². The Balaban J connectivity index is 2.23. The van der Waals surface area contributed by atoms with Crippen LogP contribution in [0.25, 0.3) is 0 Å². The van der Waals surface area contributed by atoms with Gasteiger partial charge in [0, 0.05) is 19.4 Å². The zero-order valence-corrected chi connectivity index (χ0v) is 12.9. The maximum Gasteiger partial charge on any atom is 0.143 e. The van der Waals surface area contributed by atoms with Crippen molar-refractivity contribution in [3.63, 3.8) is 0 Å². The van der Waals surface area contributed by atoms with Crippen LogP contribution in [-0.4, -0.2) is 17.0 Å². The average molecular weight is 345 g/mol. The lowest BCUT2D eigenvalue weighted by atomic mass is 10.1. The number of hydrogen-bond acceptors (Lipinski definition) is 3. The fraction of sp³-hybridized carbons (Fsp3) is 0.692. The zero-order valence-electron chi connectivity index (χ0n) is 10.8. The van der Waals surface area contributed by atoms with Gasteiger partial charge < -0.3 is 5.32 Å². The lowest BCUT2D eigenvalue weighted by Crippen LogP contribution is -2.08. The monoisotopic (exact) mass is 345 g/mol. The molecule has 0 atom stereocenters. The van der Waals surface area contributed by atoms with Gasteiger partial charge in [0.25, 0.3) is 0 Å². The second-order valence-corrected chi connectivity index (χ2v) is 6.22. The summed E-state index contributed by atoms with van der Waals surface area (Å²) in [5, 5.41) is 3.19. The standard InChI is InChI=1S/C13H20IN3/c1-8(2)4-7-10-16-12(9-5-6-9)11(14)13(15-3)17-10/h8-9H,4-7H2,1-3H3,(H,15,16,17). The molecule has 0 saturated heterocycles. The van der Waals surface area contributed by atoms with Gasteiger partial charge in [0.2, 0.25) is 0 Å². The summed E-state index contributed by atoms with van der Waals surface area (Å²) in [5.41, 5.74) is 1.27. The van der Waals surface area contributed by atoms with E-state index in [-0.39, 0.29) is 0 Å². The van der Waals surface area contributed by atoms with Crippen molar-refractivity contribution in [3.05, 3.63) is 15.1 Å². The van der Waals surface area contributed by atoms with Crippen LogP contribution in [0, 0.1) is 9.49 Å². The van der Waals surface area contributed by atoms with E-state index in [9.17, 15) is 0 Å². The van der Waals surface area contributed by atoms with Crippen molar-refractivity contribution < 1.29 is 0 Å². The van der Waals surface area contributed by atoms with E-state index >= 15 is 0 Å². The summed E-state index contributed by atoms with van der Waals surface area (Å²) in [5.74, 6) is 3.40. The van der Waals surface area contributed by atoms with Crippen molar-refractivity contribution in [2.75, 3.05) is 12.4 Å². The van der Waals surface area contributed by atoms with Crippen LogP contribution in [0.4, 0.5) is 5.82 Å². The summed E-state index contributed by atoms with van der Waals surface area (Å²) in [6, 6.07) is 0. The van der Waals surface area contributed by atoms with E-state index < -0.39 is 0 Å². The van der Waals surface area contributed by atoms with Crippen LogP contribution < -0.4 is 5.32 Å². The third kappa shape index (κ3) is 3.30. The molecule has 1 saturated carbocycles. The lowest BCUT2D eigenvalue weighted by Gasteiger charge is -2.11. The van der Waals surface area contributed by atoms with Gasteiger partial charge in [-0.05, 0) is 47.8 Å². The van der Waals surface area contributed by atoms with Crippen LogP contribution >= 0.6 is 22.6 Å². The fourth-order valence-electron chi connectivity index (χ4n) is 1.84. The first-order valence-corrected chi connectivity index (χ1v) is 7.43. The van der Waals surface area contributed by atoms with E-state index in [2.05, 4.69) is 46.7 Å². The molecule has 4 heteroatoms. The van der Waals surface area contributed by atoms with Crippen molar-refractivity contribution in [2.24, 2.45) is 5.92 Å². The minimum atomic E-state index is 0.690. The highest BCUT2D eigenvalue weighted by Crippen LogP contribution is 2.42. The highest BCUT2D eigenvalue weighted by Gasteiger charge is 2.29. The Hall–Kier alpha value is -0.390. The van der Waals surface area contributed by atoms with Crippen LogP contribution in [0.3, 0.4) is 0 Å². The molecule has 1 fully saturated rings. The smallest absolute Gasteiger partial charge is 0.143 e. The molecule has 3 nitrogen and oxygen atoms in total. The largest absolute Gasteiger partial charge is 0.372 e. The number of hydrogen-bond donors (Lipinski definition) is 1. The second-order valence-electron chi connectivity index (χ2n) is 5.14. The third-order valence-corrected chi connectivity index (χ3v) is 4.13. The first-order valence-electron chi connectivity index (χ1n) is 6.36. The summed E-state index contributed by atoms with van der Waals surface area (Å²) >= 11 is 2.37. The first-order chi connectivity index (χ1) is 8.11. The number of anilines is 1. The predicted octanol–water partition coefficient (Wildman–Crippen LogP) is 3.59. The molecule has 17 heavy (non-hydrogen) atoms. The molecule has 94 valence electrons. The van der Waals surface area contributed by atoms with Gasteiger partial charge in [0.1, 0.15) is 11.6 Å². The Morgan fingerprint density at radius 3 is 2.59 bits per heavy atom. The Bertz CT molecular complexity index is 400. The van der Waals surface area contributed by atoms with E-state index in [4.69, 9.17) is 4.98 Å². The lowest BCUT2D eigenvalue weighted by molar-refractivity contribution is 0.573.